The number of fused-ring (bicyclic) bond motifs is 2. The molecule has 15 nitrogen and oxygen atoms in total. The second-order valence-electron chi connectivity index (χ2n) is 18.9. The number of aryl methyl sites for hydroxylation is 2. The zero-order chi connectivity index (χ0) is 47.3. The fourth-order valence-electron chi connectivity index (χ4n) is 10.9. The fraction of sp³-hybridized carbons (Fsp3) is 0.420. The second kappa shape index (κ2) is 16.5. The molecule has 3 aliphatic rings. The third kappa shape index (κ3) is 7.08. The van der Waals surface area contributed by atoms with Crippen molar-refractivity contribution in [1.82, 2.24) is 38.5 Å². The minimum atomic E-state index is -2.67. The topological polar surface area (TPSA) is 158 Å². The molecular formula is C50H57FN9O6P. The van der Waals surface area contributed by atoms with E-state index < -0.39 is 24.5 Å². The molecule has 350 valence electrons. The van der Waals surface area contributed by atoms with Gasteiger partial charge in [-0.15, -0.1) is 0 Å². The monoisotopic (exact) mass is 929 g/mol. The van der Waals surface area contributed by atoms with E-state index in [1.54, 1.807) is 52.2 Å². The lowest BCUT2D eigenvalue weighted by atomic mass is 9.91. The summed E-state index contributed by atoms with van der Waals surface area (Å²) in [7, 11) is 1.14. The van der Waals surface area contributed by atoms with E-state index >= 15 is 9.18 Å². The van der Waals surface area contributed by atoms with E-state index in [4.69, 9.17) is 14.4 Å². The molecule has 1 saturated carbocycles. The second-order valence-corrected chi connectivity index (χ2v) is 22.4. The van der Waals surface area contributed by atoms with Gasteiger partial charge in [-0.2, -0.15) is 5.10 Å². The van der Waals surface area contributed by atoms with Gasteiger partial charge in [-0.05, 0) is 117 Å². The quantitative estimate of drug-likeness (QED) is 0.128. The lowest BCUT2D eigenvalue weighted by Gasteiger charge is -2.34. The molecule has 3 aromatic carbocycles. The summed E-state index contributed by atoms with van der Waals surface area (Å²) in [6.07, 6.45) is 7.29. The molecule has 2 fully saturated rings. The minimum absolute atomic E-state index is 0.0205. The summed E-state index contributed by atoms with van der Waals surface area (Å²) in [6.45, 7) is 13.1. The first-order valence-electron chi connectivity index (χ1n) is 23.3. The first kappa shape index (κ1) is 44.6. The van der Waals surface area contributed by atoms with Gasteiger partial charge in [0.1, 0.15) is 30.0 Å². The van der Waals surface area contributed by atoms with Crippen molar-refractivity contribution in [2.75, 3.05) is 51.1 Å². The van der Waals surface area contributed by atoms with Gasteiger partial charge in [0, 0.05) is 92.5 Å². The van der Waals surface area contributed by atoms with E-state index in [2.05, 4.69) is 35.3 Å². The summed E-state index contributed by atoms with van der Waals surface area (Å²) in [6, 6.07) is 16.8. The van der Waals surface area contributed by atoms with Crippen LogP contribution in [0, 0.1) is 25.6 Å². The van der Waals surface area contributed by atoms with Crippen molar-refractivity contribution in [1.29, 1.82) is 0 Å². The van der Waals surface area contributed by atoms with Crippen molar-refractivity contribution >= 4 is 34.9 Å². The van der Waals surface area contributed by atoms with Crippen LogP contribution in [0.3, 0.4) is 0 Å². The van der Waals surface area contributed by atoms with Crippen LogP contribution < -0.4 is 21.7 Å². The minimum Gasteiger partial charge on any atom is -0.381 e. The Morgan fingerprint density at radius 2 is 1.66 bits per heavy atom. The summed E-state index contributed by atoms with van der Waals surface area (Å²) in [4.78, 5) is 49.5. The van der Waals surface area contributed by atoms with E-state index in [9.17, 15) is 14.2 Å². The largest absolute Gasteiger partial charge is 0.438 e. The number of nitrogens with one attached hydrogen (secondary N) is 1. The zero-order valence-electron chi connectivity index (χ0n) is 39.3. The Hall–Kier alpha value is -6.25. The molecule has 67 heavy (non-hydrogen) atoms. The van der Waals surface area contributed by atoms with Gasteiger partial charge in [-0.3, -0.25) is 23.4 Å². The fourth-order valence-corrected chi connectivity index (χ4v) is 13.0. The number of halogens is 1. The molecule has 0 bridgehead atoms. The standard InChI is InChI=1S/C50H57FN9O6P/c1-9-67(64,10-2)42-14-12-36(27-40(42)55(7)8)57-19-20-58(49(57)63)45-43-32(6)56(18-15-38(43)53-60(45)37-23-29(3)44(51)30(4)24-37)46(61)41-26-35-25-34(33-16-21-65-22-17-33)11-13-39(35)59(41)50(28-31(50)5)47-52-48(62)66-54-47/h11-14,19-20,23-27,31-33H,9-10,15-18,21-22,28H2,1-8H3,(H,52,54,62)/t31-,32-,50-/m0/s1. The maximum atomic E-state index is 15.6. The number of hydrogen-bond donors (Lipinski definition) is 1. The zero-order valence-corrected chi connectivity index (χ0v) is 40.2. The molecule has 0 unspecified atom stereocenters. The Labute approximate surface area is 387 Å². The Morgan fingerprint density at radius 1 is 0.955 bits per heavy atom. The van der Waals surface area contributed by atoms with Gasteiger partial charge >= 0.3 is 11.4 Å². The first-order chi connectivity index (χ1) is 32.1. The molecule has 0 spiro atoms. The number of H-pyrrole nitrogens is 1. The van der Waals surface area contributed by atoms with Gasteiger partial charge in [-0.1, -0.05) is 32.0 Å². The summed E-state index contributed by atoms with van der Waals surface area (Å²) in [5.41, 5.74) is 5.49. The number of hydrogen-bond acceptors (Lipinski definition) is 9. The summed E-state index contributed by atoms with van der Waals surface area (Å²) >= 11 is 0. The van der Waals surface area contributed by atoms with E-state index in [0.29, 0.717) is 102 Å². The number of amides is 1. The lowest BCUT2D eigenvalue weighted by Crippen LogP contribution is -2.41. The highest BCUT2D eigenvalue weighted by Gasteiger charge is 2.59. The Morgan fingerprint density at radius 3 is 2.30 bits per heavy atom. The number of carbonyl (C=O) groups is 1. The molecule has 1 saturated heterocycles. The summed E-state index contributed by atoms with van der Waals surface area (Å²) in [5.74, 6) is -0.0463. The van der Waals surface area contributed by atoms with Crippen LogP contribution in [0.15, 0.2) is 81.1 Å². The SMILES string of the molecule is CCP(=O)(CC)c1ccc(-n2ccn(-c3c4c(nn3-c3cc(C)c(F)c(C)c3)CCN(C(=O)c3cc5cc(C6CCOCC6)ccc5n3[C@@]3(c5noc(=O)[nH]5)C[C@@H]3C)[C@H]4C)c2=O)cc1N(C)C. The molecule has 1 aliphatic carbocycles. The number of benzene rings is 3. The maximum absolute atomic E-state index is 15.6. The molecule has 10 rings (SSSR count). The van der Waals surface area contributed by atoms with Crippen molar-refractivity contribution in [3.63, 3.8) is 0 Å². The molecule has 6 heterocycles. The van der Waals surface area contributed by atoms with Crippen LogP contribution in [0.4, 0.5) is 10.1 Å². The Balaban J connectivity index is 1.12. The third-order valence-electron chi connectivity index (χ3n) is 14.8. The first-order valence-corrected chi connectivity index (χ1v) is 25.4. The maximum Gasteiger partial charge on any atom is 0.438 e. The highest BCUT2D eigenvalue weighted by molar-refractivity contribution is 7.71. The molecular weight excluding hydrogens is 873 g/mol. The molecule has 17 heteroatoms. The number of rotatable bonds is 11. The van der Waals surface area contributed by atoms with E-state index in [-0.39, 0.29) is 23.3 Å². The molecule has 7 aromatic rings. The molecule has 1 amide bonds. The third-order valence-corrected chi connectivity index (χ3v) is 18.1. The van der Waals surface area contributed by atoms with Crippen molar-refractivity contribution in [3.8, 4) is 17.2 Å². The van der Waals surface area contributed by atoms with E-state index in [0.717, 1.165) is 34.7 Å². The van der Waals surface area contributed by atoms with Crippen molar-refractivity contribution in [2.45, 2.75) is 84.7 Å². The smallest absolute Gasteiger partial charge is 0.381 e. The lowest BCUT2D eigenvalue weighted by molar-refractivity contribution is 0.0663. The van der Waals surface area contributed by atoms with Gasteiger partial charge in [0.05, 0.1) is 23.1 Å². The molecule has 0 radical (unpaired) electrons. The van der Waals surface area contributed by atoms with Crippen LogP contribution in [0.25, 0.3) is 28.1 Å². The van der Waals surface area contributed by atoms with E-state index in [1.807, 2.05) is 73.5 Å². The number of ether oxygens (including phenoxy) is 1. The van der Waals surface area contributed by atoms with E-state index in [1.165, 1.54) is 5.56 Å². The number of aromatic amines is 1. The van der Waals surface area contributed by atoms with Crippen LogP contribution in [0.1, 0.15) is 103 Å². The number of carbonyl (C=O) groups excluding carboxylic acids is 1. The number of nitrogens with zero attached hydrogens (tertiary/aromatic N) is 8. The number of anilines is 1. The predicted octanol–water partition coefficient (Wildman–Crippen LogP) is 7.73. The highest BCUT2D eigenvalue weighted by Crippen LogP contribution is 2.56. The van der Waals surface area contributed by atoms with Gasteiger partial charge in [0.15, 0.2) is 5.82 Å². The van der Waals surface area contributed by atoms with Crippen LogP contribution in [-0.2, 0) is 21.3 Å². The van der Waals surface area contributed by atoms with Crippen LogP contribution in [0.5, 0.6) is 0 Å². The average Bonchev–Trinajstić information content (AvgIpc) is 3.82. The number of aromatic nitrogens is 7. The Kier molecular flexibility index (Phi) is 11.0. The van der Waals surface area contributed by atoms with Crippen LogP contribution >= 0.6 is 7.14 Å². The van der Waals surface area contributed by atoms with Gasteiger partial charge in [0.25, 0.3) is 5.91 Å². The average molecular weight is 930 g/mol. The number of imidazole rings is 1. The van der Waals surface area contributed by atoms with Crippen LogP contribution in [-0.4, -0.2) is 90.6 Å². The summed E-state index contributed by atoms with van der Waals surface area (Å²) in [5, 5.41) is 11.0. The van der Waals surface area contributed by atoms with Crippen LogP contribution in [0.2, 0.25) is 0 Å². The van der Waals surface area contributed by atoms with Crippen molar-refractivity contribution in [2.24, 2.45) is 5.92 Å². The van der Waals surface area contributed by atoms with Gasteiger partial charge in [-0.25, -0.2) is 18.7 Å². The normalized spacial score (nSPS) is 19.9. The van der Waals surface area contributed by atoms with Gasteiger partial charge in [0.2, 0.25) is 0 Å². The highest BCUT2D eigenvalue weighted by atomic mass is 31.2. The molecule has 3 atom stereocenters. The predicted molar refractivity (Wildman–Crippen MR) is 256 cm³/mol. The Bertz CT molecular complexity index is 3240. The van der Waals surface area contributed by atoms with Crippen molar-refractivity contribution in [3.05, 3.63) is 133 Å². The molecule has 1 N–H and O–H groups in total. The molecule has 4 aromatic heterocycles. The summed E-state index contributed by atoms with van der Waals surface area (Å²) < 4.78 is 46.8. The van der Waals surface area contributed by atoms with Gasteiger partial charge < -0.3 is 23.7 Å². The molecule has 2 aliphatic heterocycles. The van der Waals surface area contributed by atoms with Crippen molar-refractivity contribution < 1.29 is 23.0 Å².